The van der Waals surface area contributed by atoms with Crippen LogP contribution in [0.25, 0.3) is 28.3 Å². The van der Waals surface area contributed by atoms with Crippen molar-refractivity contribution in [1.29, 1.82) is 0 Å². The fourth-order valence-corrected chi connectivity index (χ4v) is 3.30. The highest BCUT2D eigenvalue weighted by atomic mass is 19.4. The van der Waals surface area contributed by atoms with Crippen molar-refractivity contribution >= 4 is 11.7 Å². The number of carbonyl (C=O) groups is 1. The zero-order chi connectivity index (χ0) is 23.0. The highest BCUT2D eigenvalue weighted by molar-refractivity contribution is 5.89. The van der Waals surface area contributed by atoms with Crippen LogP contribution in [0, 0.1) is 5.82 Å². The van der Waals surface area contributed by atoms with Gasteiger partial charge in [0, 0.05) is 11.1 Å². The first-order valence-electron chi connectivity index (χ1n) is 9.45. The largest absolute Gasteiger partial charge is 0.462 e. The van der Waals surface area contributed by atoms with E-state index in [2.05, 4.69) is 9.97 Å². The molecule has 0 saturated heterocycles. The molecule has 0 saturated carbocycles. The zero-order valence-corrected chi connectivity index (χ0v) is 16.5. The molecule has 0 bridgehead atoms. The number of halogens is 4. The van der Waals surface area contributed by atoms with Crippen LogP contribution in [0.5, 0.6) is 0 Å². The lowest BCUT2D eigenvalue weighted by Crippen LogP contribution is -2.24. The number of ether oxygens (including phenoxy) is 1. The number of benzene rings is 2. The fraction of sp³-hybridized carbons (Fsp3) is 0.136. The number of carbonyl (C=O) groups excluding carboxylic acids is 1. The molecule has 0 amide bonds. The summed E-state index contributed by atoms with van der Waals surface area (Å²) in [6.07, 6.45) is -3.44. The molecule has 0 aliphatic heterocycles. The maximum atomic E-state index is 13.5. The van der Waals surface area contributed by atoms with Crippen molar-refractivity contribution in [2.45, 2.75) is 13.1 Å². The Hall–Kier alpha value is -3.95. The van der Waals surface area contributed by atoms with Gasteiger partial charge < -0.3 is 9.72 Å². The van der Waals surface area contributed by atoms with Crippen LogP contribution in [0.1, 0.15) is 22.8 Å². The van der Waals surface area contributed by atoms with Crippen molar-refractivity contribution in [3.05, 3.63) is 82.0 Å². The molecule has 2 aromatic carbocycles. The van der Waals surface area contributed by atoms with Gasteiger partial charge in [0.25, 0.3) is 5.56 Å². The van der Waals surface area contributed by atoms with Gasteiger partial charge >= 0.3 is 12.1 Å². The van der Waals surface area contributed by atoms with Gasteiger partial charge in [0.05, 0.1) is 29.8 Å². The minimum atomic E-state index is -4.51. The Kier molecular flexibility index (Phi) is 5.29. The molecule has 0 aliphatic rings. The molecule has 0 atom stereocenters. The van der Waals surface area contributed by atoms with E-state index in [1.54, 1.807) is 6.92 Å². The number of esters is 1. The van der Waals surface area contributed by atoms with Crippen LogP contribution >= 0.6 is 0 Å². The average molecular weight is 445 g/mol. The van der Waals surface area contributed by atoms with Crippen LogP contribution in [-0.4, -0.2) is 26.9 Å². The number of aromatic nitrogens is 3. The lowest BCUT2D eigenvalue weighted by Gasteiger charge is -2.09. The first kappa shape index (κ1) is 21.3. The number of aromatic amines is 1. The van der Waals surface area contributed by atoms with Gasteiger partial charge in [-0.1, -0.05) is 12.1 Å². The number of nitrogens with zero attached hydrogens (tertiary/aromatic N) is 2. The number of hydrogen-bond donors (Lipinski definition) is 1. The maximum absolute atomic E-state index is 13.5. The number of nitrogens with one attached hydrogen (secondary N) is 1. The predicted octanol–water partition coefficient (Wildman–Crippen LogP) is 4.69. The number of H-pyrrole nitrogens is 1. The summed E-state index contributed by atoms with van der Waals surface area (Å²) in [5.41, 5.74) is -0.676. The van der Waals surface area contributed by atoms with Crippen LogP contribution in [0.2, 0.25) is 0 Å². The summed E-state index contributed by atoms with van der Waals surface area (Å²) in [4.78, 5) is 32.3. The molecule has 10 heteroatoms. The van der Waals surface area contributed by atoms with E-state index >= 15 is 0 Å². The number of alkyl halides is 3. The van der Waals surface area contributed by atoms with Crippen molar-refractivity contribution in [2.24, 2.45) is 0 Å². The van der Waals surface area contributed by atoms with Gasteiger partial charge in [-0.2, -0.15) is 13.2 Å². The minimum Gasteiger partial charge on any atom is -0.462 e. The Balaban J connectivity index is 1.99. The van der Waals surface area contributed by atoms with Gasteiger partial charge in [0.15, 0.2) is 0 Å². The molecule has 164 valence electrons. The van der Waals surface area contributed by atoms with E-state index in [0.29, 0.717) is 11.1 Å². The van der Waals surface area contributed by atoms with Crippen molar-refractivity contribution in [1.82, 2.24) is 14.4 Å². The second kappa shape index (κ2) is 7.95. The van der Waals surface area contributed by atoms with Crippen LogP contribution in [-0.2, 0) is 10.9 Å². The summed E-state index contributed by atoms with van der Waals surface area (Å²) in [7, 11) is 0. The number of hydrogen-bond acceptors (Lipinski definition) is 4. The summed E-state index contributed by atoms with van der Waals surface area (Å²) < 4.78 is 58.4. The minimum absolute atomic E-state index is 0.0513. The van der Waals surface area contributed by atoms with E-state index in [-0.39, 0.29) is 29.3 Å². The van der Waals surface area contributed by atoms with Gasteiger partial charge in [0.2, 0.25) is 5.78 Å². The molecule has 1 N–H and O–H groups in total. The maximum Gasteiger partial charge on any atom is 0.416 e. The van der Waals surface area contributed by atoms with E-state index in [9.17, 15) is 27.2 Å². The van der Waals surface area contributed by atoms with Gasteiger partial charge in [-0.05, 0) is 43.3 Å². The molecule has 0 radical (unpaired) electrons. The van der Waals surface area contributed by atoms with Crippen molar-refractivity contribution in [3.63, 3.8) is 0 Å². The third kappa shape index (κ3) is 3.75. The normalized spacial score (nSPS) is 11.7. The summed E-state index contributed by atoms with van der Waals surface area (Å²) in [5, 5.41) is 0. The molecule has 2 aromatic heterocycles. The second-order valence-electron chi connectivity index (χ2n) is 6.79. The first-order chi connectivity index (χ1) is 15.2. The quantitative estimate of drug-likeness (QED) is 0.365. The van der Waals surface area contributed by atoms with Gasteiger partial charge in [-0.25, -0.2) is 18.6 Å². The topological polar surface area (TPSA) is 76.5 Å². The third-order valence-corrected chi connectivity index (χ3v) is 4.77. The van der Waals surface area contributed by atoms with Crippen molar-refractivity contribution in [2.75, 3.05) is 6.61 Å². The fourth-order valence-electron chi connectivity index (χ4n) is 3.30. The molecule has 0 fully saturated rings. The number of fused-ring (bicyclic) bond motifs is 1. The first-order valence-corrected chi connectivity index (χ1v) is 9.45. The van der Waals surface area contributed by atoms with E-state index in [1.165, 1.54) is 36.4 Å². The Morgan fingerprint density at radius 1 is 1.06 bits per heavy atom. The Labute approximate surface area is 178 Å². The molecule has 4 rings (SSSR count). The molecular formula is C22H15F4N3O3. The van der Waals surface area contributed by atoms with Crippen molar-refractivity contribution in [3.8, 4) is 22.5 Å². The molecule has 0 spiro atoms. The highest BCUT2D eigenvalue weighted by Crippen LogP contribution is 2.34. The van der Waals surface area contributed by atoms with Gasteiger partial charge in [-0.3, -0.25) is 4.79 Å². The average Bonchev–Trinajstić information content (AvgIpc) is 3.15. The SMILES string of the molecule is CCOC(=O)c1cnc2[nH]c(-c3ccc(C(F)(F)F)cc3)c(-c3ccc(F)cc3)n2c1=O. The standard InChI is InChI=1S/C22H15F4N3O3/c1-2-32-20(31)16-11-27-21-28-17(12-3-7-14(8-4-12)22(24,25)26)18(29(21)19(16)30)13-5-9-15(23)10-6-13/h3-11H,2H2,1H3,(H,27,28). The number of rotatable bonds is 4. The zero-order valence-electron chi connectivity index (χ0n) is 16.5. The Bertz CT molecular complexity index is 1350. The molecule has 0 unspecified atom stereocenters. The van der Waals surface area contributed by atoms with E-state index in [1.807, 2.05) is 0 Å². The third-order valence-electron chi connectivity index (χ3n) is 4.77. The summed E-state index contributed by atoms with van der Waals surface area (Å²) in [6.45, 7) is 1.64. The monoisotopic (exact) mass is 445 g/mol. The van der Waals surface area contributed by atoms with Crippen LogP contribution in [0.4, 0.5) is 17.6 Å². The predicted molar refractivity (Wildman–Crippen MR) is 108 cm³/mol. The highest BCUT2D eigenvalue weighted by Gasteiger charge is 2.30. The second-order valence-corrected chi connectivity index (χ2v) is 6.79. The molecule has 4 aromatic rings. The Morgan fingerprint density at radius 3 is 2.28 bits per heavy atom. The summed E-state index contributed by atoms with van der Waals surface area (Å²) in [6, 6.07) is 9.50. The number of imidazole rings is 1. The van der Waals surface area contributed by atoms with Crippen LogP contribution < -0.4 is 5.56 Å². The van der Waals surface area contributed by atoms with Gasteiger partial charge in [0.1, 0.15) is 11.4 Å². The van der Waals surface area contributed by atoms with E-state index in [0.717, 1.165) is 22.7 Å². The van der Waals surface area contributed by atoms with E-state index < -0.39 is 29.1 Å². The summed E-state index contributed by atoms with van der Waals surface area (Å²) >= 11 is 0. The molecule has 0 aliphatic carbocycles. The van der Waals surface area contributed by atoms with Gasteiger partial charge in [-0.15, -0.1) is 0 Å². The molecule has 6 nitrogen and oxygen atoms in total. The van der Waals surface area contributed by atoms with E-state index in [4.69, 9.17) is 4.74 Å². The lowest BCUT2D eigenvalue weighted by molar-refractivity contribution is -0.137. The smallest absolute Gasteiger partial charge is 0.416 e. The molecule has 32 heavy (non-hydrogen) atoms. The Morgan fingerprint density at radius 2 is 1.69 bits per heavy atom. The molecular weight excluding hydrogens is 430 g/mol. The summed E-state index contributed by atoms with van der Waals surface area (Å²) in [5.74, 6) is -1.32. The van der Waals surface area contributed by atoms with Crippen LogP contribution in [0.3, 0.4) is 0 Å². The lowest BCUT2D eigenvalue weighted by atomic mass is 10.0. The van der Waals surface area contributed by atoms with Crippen LogP contribution in [0.15, 0.2) is 59.5 Å². The van der Waals surface area contributed by atoms with Crippen molar-refractivity contribution < 1.29 is 27.1 Å². The molecule has 2 heterocycles.